The fourth-order valence-corrected chi connectivity index (χ4v) is 2.46. The highest BCUT2D eigenvalue weighted by Gasteiger charge is 2.21. The van der Waals surface area contributed by atoms with Gasteiger partial charge in [0.1, 0.15) is 5.56 Å². The average Bonchev–Trinajstić information content (AvgIpc) is 3.15. The molecule has 0 aliphatic rings. The molecule has 3 aromatic rings. The van der Waals surface area contributed by atoms with Gasteiger partial charge in [-0.15, -0.1) is 0 Å². The van der Waals surface area contributed by atoms with Gasteiger partial charge < -0.3 is 9.26 Å². The molecule has 0 unspecified atom stereocenters. The lowest BCUT2D eigenvalue weighted by Crippen LogP contribution is -2.08. The molecule has 0 fully saturated rings. The molecule has 0 saturated heterocycles. The quantitative estimate of drug-likeness (QED) is 0.366. The maximum Gasteiger partial charge on any atom is 0.345 e. The van der Waals surface area contributed by atoms with Gasteiger partial charge in [-0.1, -0.05) is 55.4 Å². The second kappa shape index (κ2) is 7.77. The van der Waals surface area contributed by atoms with Gasteiger partial charge in [-0.25, -0.2) is 4.79 Å². The van der Waals surface area contributed by atoms with E-state index in [9.17, 15) is 14.9 Å². The first-order valence-electron chi connectivity index (χ1n) is 8.29. The Bertz CT molecular complexity index is 963. The fraction of sp³-hybridized carbons (Fsp3) is 0.211. The summed E-state index contributed by atoms with van der Waals surface area (Å²) >= 11 is 0. The van der Waals surface area contributed by atoms with Crippen molar-refractivity contribution in [2.45, 2.75) is 26.4 Å². The molecular formula is C19H17N3O5. The molecule has 0 aliphatic heterocycles. The van der Waals surface area contributed by atoms with Crippen molar-refractivity contribution in [3.05, 3.63) is 75.7 Å². The number of nitrogens with zero attached hydrogens (tertiary/aromatic N) is 3. The van der Waals surface area contributed by atoms with E-state index in [1.807, 2.05) is 24.3 Å². The molecule has 0 saturated carbocycles. The number of carbonyl (C=O) groups excluding carboxylic acids is 1. The lowest BCUT2D eigenvalue weighted by molar-refractivity contribution is -0.385. The number of nitro benzene ring substituents is 1. The zero-order chi connectivity index (χ0) is 19.4. The monoisotopic (exact) mass is 367 g/mol. The maximum absolute atomic E-state index is 12.1. The Morgan fingerprint density at radius 1 is 1.19 bits per heavy atom. The molecule has 8 heteroatoms. The van der Waals surface area contributed by atoms with E-state index in [2.05, 4.69) is 24.0 Å². The average molecular weight is 367 g/mol. The predicted octanol–water partition coefficient (Wildman–Crippen LogP) is 4.13. The fourth-order valence-electron chi connectivity index (χ4n) is 2.46. The zero-order valence-electron chi connectivity index (χ0n) is 14.8. The van der Waals surface area contributed by atoms with Crippen molar-refractivity contribution in [2.24, 2.45) is 0 Å². The van der Waals surface area contributed by atoms with Crippen molar-refractivity contribution in [3.8, 4) is 11.4 Å². The SMILES string of the molecule is CC(C)c1ccc(-c2noc(COC(=O)c3ccccc3[N+](=O)[O-])n2)cc1. The summed E-state index contributed by atoms with van der Waals surface area (Å²) in [4.78, 5) is 26.6. The van der Waals surface area contributed by atoms with Gasteiger partial charge in [0.25, 0.3) is 11.6 Å². The summed E-state index contributed by atoms with van der Waals surface area (Å²) in [6.45, 7) is 3.93. The third-order valence-corrected chi connectivity index (χ3v) is 3.95. The summed E-state index contributed by atoms with van der Waals surface area (Å²) in [6.07, 6.45) is 0. The minimum absolute atomic E-state index is 0.102. The van der Waals surface area contributed by atoms with Gasteiger partial charge >= 0.3 is 5.97 Å². The maximum atomic E-state index is 12.1. The molecule has 0 atom stereocenters. The van der Waals surface area contributed by atoms with Crippen LogP contribution in [0.4, 0.5) is 5.69 Å². The molecule has 27 heavy (non-hydrogen) atoms. The van der Waals surface area contributed by atoms with Crippen LogP contribution in [0.1, 0.15) is 41.6 Å². The molecule has 1 heterocycles. The number of aromatic nitrogens is 2. The van der Waals surface area contributed by atoms with E-state index in [-0.39, 0.29) is 23.7 Å². The van der Waals surface area contributed by atoms with Gasteiger partial charge in [-0.2, -0.15) is 4.98 Å². The van der Waals surface area contributed by atoms with Crippen molar-refractivity contribution in [2.75, 3.05) is 0 Å². The van der Waals surface area contributed by atoms with Crippen LogP contribution in [0.3, 0.4) is 0 Å². The number of hydrogen-bond acceptors (Lipinski definition) is 7. The number of esters is 1. The highest BCUT2D eigenvalue weighted by atomic mass is 16.6. The Labute approximate surface area is 154 Å². The van der Waals surface area contributed by atoms with Gasteiger partial charge in [0.15, 0.2) is 6.61 Å². The van der Waals surface area contributed by atoms with Crippen LogP contribution in [0, 0.1) is 10.1 Å². The van der Waals surface area contributed by atoms with Crippen LogP contribution in [0.25, 0.3) is 11.4 Å². The van der Waals surface area contributed by atoms with Crippen LogP contribution in [0.2, 0.25) is 0 Å². The molecule has 0 amide bonds. The number of ether oxygens (including phenoxy) is 1. The van der Waals surface area contributed by atoms with Gasteiger partial charge in [-0.3, -0.25) is 10.1 Å². The van der Waals surface area contributed by atoms with Gasteiger partial charge in [0.05, 0.1) is 4.92 Å². The molecule has 0 aliphatic carbocycles. The number of para-hydroxylation sites is 1. The zero-order valence-corrected chi connectivity index (χ0v) is 14.8. The molecule has 0 bridgehead atoms. The summed E-state index contributed by atoms with van der Waals surface area (Å²) in [7, 11) is 0. The summed E-state index contributed by atoms with van der Waals surface area (Å²) in [5.41, 5.74) is 1.52. The minimum atomic E-state index is -0.830. The first-order chi connectivity index (χ1) is 13.0. The lowest BCUT2D eigenvalue weighted by atomic mass is 10.0. The van der Waals surface area contributed by atoms with E-state index in [4.69, 9.17) is 9.26 Å². The summed E-state index contributed by atoms with van der Waals surface area (Å²) in [6, 6.07) is 13.3. The topological polar surface area (TPSA) is 108 Å². The molecule has 138 valence electrons. The van der Waals surface area contributed by atoms with Crippen LogP contribution >= 0.6 is 0 Å². The van der Waals surface area contributed by atoms with Crippen molar-refractivity contribution in [3.63, 3.8) is 0 Å². The van der Waals surface area contributed by atoms with E-state index in [1.54, 1.807) is 0 Å². The van der Waals surface area contributed by atoms with Crippen LogP contribution in [0.5, 0.6) is 0 Å². The molecule has 8 nitrogen and oxygen atoms in total. The number of benzene rings is 2. The normalized spacial score (nSPS) is 10.8. The highest BCUT2D eigenvalue weighted by molar-refractivity contribution is 5.93. The summed E-state index contributed by atoms with van der Waals surface area (Å²) in [5, 5.41) is 14.9. The van der Waals surface area contributed by atoms with Gasteiger partial charge in [0, 0.05) is 11.6 Å². The predicted molar refractivity (Wildman–Crippen MR) is 96.0 cm³/mol. The number of nitro groups is 1. The molecule has 0 N–H and O–H groups in total. The summed E-state index contributed by atoms with van der Waals surface area (Å²) < 4.78 is 10.2. The van der Waals surface area contributed by atoms with Crippen molar-refractivity contribution in [1.29, 1.82) is 0 Å². The Balaban J connectivity index is 1.68. The minimum Gasteiger partial charge on any atom is -0.452 e. The first kappa shape index (κ1) is 18.2. The van der Waals surface area contributed by atoms with Crippen LogP contribution in [-0.2, 0) is 11.3 Å². The molecule has 1 aromatic heterocycles. The van der Waals surface area contributed by atoms with Crippen LogP contribution in [0.15, 0.2) is 53.1 Å². The smallest absolute Gasteiger partial charge is 0.345 e. The van der Waals surface area contributed by atoms with Gasteiger partial charge in [-0.05, 0) is 17.5 Å². The van der Waals surface area contributed by atoms with Crippen molar-refractivity contribution >= 4 is 11.7 Å². The van der Waals surface area contributed by atoms with E-state index < -0.39 is 10.9 Å². The van der Waals surface area contributed by atoms with Crippen molar-refractivity contribution < 1.29 is 19.0 Å². The Kier molecular flexibility index (Phi) is 5.25. The number of carbonyl (C=O) groups is 1. The largest absolute Gasteiger partial charge is 0.452 e. The Morgan fingerprint density at radius 3 is 2.56 bits per heavy atom. The van der Waals surface area contributed by atoms with E-state index >= 15 is 0 Å². The summed E-state index contributed by atoms with van der Waals surface area (Å²) in [5.74, 6) is 0.0663. The number of hydrogen-bond donors (Lipinski definition) is 0. The third kappa shape index (κ3) is 4.17. The second-order valence-corrected chi connectivity index (χ2v) is 6.14. The number of rotatable bonds is 6. The molecule has 0 spiro atoms. The second-order valence-electron chi connectivity index (χ2n) is 6.14. The third-order valence-electron chi connectivity index (χ3n) is 3.95. The van der Waals surface area contributed by atoms with E-state index in [0.717, 1.165) is 5.56 Å². The van der Waals surface area contributed by atoms with E-state index in [0.29, 0.717) is 11.7 Å². The van der Waals surface area contributed by atoms with Gasteiger partial charge in [0.2, 0.25) is 5.82 Å². The van der Waals surface area contributed by atoms with E-state index in [1.165, 1.54) is 29.8 Å². The van der Waals surface area contributed by atoms with Crippen molar-refractivity contribution in [1.82, 2.24) is 10.1 Å². The van der Waals surface area contributed by atoms with Crippen LogP contribution < -0.4 is 0 Å². The highest BCUT2D eigenvalue weighted by Crippen LogP contribution is 2.22. The molecule has 3 rings (SSSR count). The molecule has 0 radical (unpaired) electrons. The first-order valence-corrected chi connectivity index (χ1v) is 8.29. The Morgan fingerprint density at radius 2 is 1.89 bits per heavy atom. The standard InChI is InChI=1S/C19H17N3O5/c1-12(2)13-7-9-14(10-8-13)18-20-17(27-21-18)11-26-19(23)15-5-3-4-6-16(15)22(24)25/h3-10,12H,11H2,1-2H3. The lowest BCUT2D eigenvalue weighted by Gasteiger charge is -2.04. The molecular weight excluding hydrogens is 350 g/mol. The molecule has 2 aromatic carbocycles. The van der Waals surface area contributed by atoms with Crippen LogP contribution in [-0.4, -0.2) is 21.0 Å². The Hall–Kier alpha value is -3.55.